The molecular weight excluding hydrogens is 362 g/mol. The number of hydrogen-bond acceptors (Lipinski definition) is 6. The van der Waals surface area contributed by atoms with Crippen LogP contribution in [0.5, 0.6) is 5.75 Å². The summed E-state index contributed by atoms with van der Waals surface area (Å²) in [6, 6.07) is 5.24. The minimum absolute atomic E-state index is 0.216. The van der Waals surface area contributed by atoms with Crippen LogP contribution in [0.3, 0.4) is 0 Å². The van der Waals surface area contributed by atoms with E-state index >= 15 is 0 Å². The topological polar surface area (TPSA) is 111 Å². The highest BCUT2D eigenvalue weighted by Gasteiger charge is 2.34. The molecule has 0 aromatic heterocycles. The van der Waals surface area contributed by atoms with Crippen molar-refractivity contribution in [2.75, 3.05) is 25.4 Å². The zero-order valence-electron chi connectivity index (χ0n) is 16.5. The summed E-state index contributed by atoms with van der Waals surface area (Å²) >= 11 is 0. The maximum atomic E-state index is 12.1. The van der Waals surface area contributed by atoms with Crippen LogP contribution in [0.2, 0.25) is 0 Å². The molecule has 152 valence electrons. The average Bonchev–Trinajstić information content (AvgIpc) is 2.51. The van der Waals surface area contributed by atoms with Crippen molar-refractivity contribution in [2.24, 2.45) is 5.92 Å². The molecule has 2 aliphatic heterocycles. The van der Waals surface area contributed by atoms with Crippen LogP contribution in [-0.4, -0.2) is 48.1 Å². The zero-order chi connectivity index (χ0) is 20.5. The molecule has 3 rings (SSSR count). The van der Waals surface area contributed by atoms with E-state index in [9.17, 15) is 14.4 Å². The third-order valence-corrected chi connectivity index (χ3v) is 4.69. The van der Waals surface area contributed by atoms with Gasteiger partial charge >= 0.3 is 6.09 Å². The predicted octanol–water partition coefficient (Wildman–Crippen LogP) is 2.03. The number of nitrogens with zero attached hydrogens (tertiary/aromatic N) is 1. The number of nitrogens with one attached hydrogen (secondary N) is 1. The second-order valence-corrected chi connectivity index (χ2v) is 8.40. The maximum absolute atomic E-state index is 12.1. The summed E-state index contributed by atoms with van der Waals surface area (Å²) in [6.07, 6.45) is 0.457. The number of carbonyl (C=O) groups is 3. The van der Waals surface area contributed by atoms with Crippen molar-refractivity contribution in [1.29, 1.82) is 0 Å². The van der Waals surface area contributed by atoms with E-state index in [1.165, 1.54) is 0 Å². The normalized spacial score (nSPS) is 20.4. The van der Waals surface area contributed by atoms with E-state index in [1.807, 2.05) is 20.8 Å². The van der Waals surface area contributed by atoms with Gasteiger partial charge in [-0.1, -0.05) is 0 Å². The van der Waals surface area contributed by atoms with Gasteiger partial charge in [0, 0.05) is 37.2 Å². The minimum Gasteiger partial charge on any atom is -0.493 e. The summed E-state index contributed by atoms with van der Waals surface area (Å²) < 4.78 is 11.2. The average molecular weight is 389 g/mol. The van der Waals surface area contributed by atoms with Crippen LogP contribution < -0.4 is 15.8 Å². The van der Waals surface area contributed by atoms with Crippen molar-refractivity contribution in [3.8, 4) is 5.75 Å². The lowest BCUT2D eigenvalue weighted by Crippen LogP contribution is -2.53. The van der Waals surface area contributed by atoms with Crippen LogP contribution in [0.1, 0.15) is 45.1 Å². The molecule has 2 fully saturated rings. The lowest BCUT2D eigenvalue weighted by Gasteiger charge is -2.39. The molecule has 1 unspecified atom stereocenters. The number of rotatable bonds is 4. The molecule has 1 atom stereocenters. The molecule has 2 heterocycles. The number of benzene rings is 1. The van der Waals surface area contributed by atoms with Crippen LogP contribution in [0, 0.1) is 5.92 Å². The summed E-state index contributed by atoms with van der Waals surface area (Å²) in [7, 11) is 0. The smallest absolute Gasteiger partial charge is 0.410 e. The van der Waals surface area contributed by atoms with Crippen LogP contribution in [0.15, 0.2) is 18.2 Å². The second kappa shape index (κ2) is 7.69. The van der Waals surface area contributed by atoms with E-state index in [1.54, 1.807) is 23.1 Å². The van der Waals surface area contributed by atoms with Crippen LogP contribution >= 0.6 is 0 Å². The number of ether oxygens (including phenoxy) is 2. The van der Waals surface area contributed by atoms with E-state index in [2.05, 4.69) is 5.32 Å². The van der Waals surface area contributed by atoms with Gasteiger partial charge in [-0.05, 0) is 44.9 Å². The second-order valence-electron chi connectivity index (χ2n) is 8.40. The quantitative estimate of drug-likeness (QED) is 0.602. The summed E-state index contributed by atoms with van der Waals surface area (Å²) in [4.78, 5) is 37.0. The Morgan fingerprint density at radius 2 is 1.96 bits per heavy atom. The highest BCUT2D eigenvalue weighted by atomic mass is 16.6. The van der Waals surface area contributed by atoms with Gasteiger partial charge in [0.2, 0.25) is 11.8 Å². The standard InChI is InChI=1S/C20H27N3O5/c1-20(2,3)28-19(26)23-9-12(10-23)11-27-15-7-13(6-14(21)8-15)16-4-5-17(24)22-18(16)25/h6-8,12,16H,4-5,9-11,21H2,1-3H3,(H,22,24,25). The summed E-state index contributed by atoms with van der Waals surface area (Å²) in [5.41, 5.74) is 6.70. The van der Waals surface area contributed by atoms with Gasteiger partial charge in [-0.3, -0.25) is 14.9 Å². The van der Waals surface area contributed by atoms with E-state index < -0.39 is 11.5 Å². The van der Waals surface area contributed by atoms with Crippen LogP contribution in [0.25, 0.3) is 0 Å². The lowest BCUT2D eigenvalue weighted by atomic mass is 9.90. The molecule has 0 bridgehead atoms. The highest BCUT2D eigenvalue weighted by molar-refractivity contribution is 6.01. The van der Waals surface area contributed by atoms with Crippen molar-refractivity contribution >= 4 is 23.6 Å². The third kappa shape index (κ3) is 4.94. The number of nitrogens with two attached hydrogens (primary N) is 1. The first-order valence-corrected chi connectivity index (χ1v) is 9.45. The molecule has 0 spiro atoms. The molecule has 8 heteroatoms. The van der Waals surface area contributed by atoms with E-state index in [0.29, 0.717) is 44.0 Å². The van der Waals surface area contributed by atoms with E-state index in [4.69, 9.17) is 15.2 Å². The van der Waals surface area contributed by atoms with E-state index in [-0.39, 0.29) is 23.8 Å². The summed E-state index contributed by atoms with van der Waals surface area (Å²) in [5, 5.41) is 2.36. The molecule has 8 nitrogen and oxygen atoms in total. The molecule has 0 radical (unpaired) electrons. The van der Waals surface area contributed by atoms with Gasteiger partial charge < -0.3 is 20.1 Å². The van der Waals surface area contributed by atoms with Crippen molar-refractivity contribution in [3.05, 3.63) is 23.8 Å². The number of anilines is 1. The lowest BCUT2D eigenvalue weighted by molar-refractivity contribution is -0.134. The minimum atomic E-state index is -0.507. The highest BCUT2D eigenvalue weighted by Crippen LogP contribution is 2.30. The van der Waals surface area contributed by atoms with Crippen molar-refractivity contribution in [3.63, 3.8) is 0 Å². The number of amides is 3. The fraction of sp³-hybridized carbons (Fsp3) is 0.550. The monoisotopic (exact) mass is 389 g/mol. The van der Waals surface area contributed by atoms with Crippen molar-refractivity contribution in [1.82, 2.24) is 10.2 Å². The van der Waals surface area contributed by atoms with Gasteiger partial charge in [0.05, 0.1) is 12.5 Å². The zero-order valence-corrected chi connectivity index (χ0v) is 16.5. The predicted molar refractivity (Wildman–Crippen MR) is 103 cm³/mol. The number of likely N-dealkylation sites (tertiary alicyclic amines) is 1. The Balaban J connectivity index is 1.53. The number of hydrogen-bond donors (Lipinski definition) is 2. The van der Waals surface area contributed by atoms with Gasteiger partial charge in [0.15, 0.2) is 0 Å². The largest absolute Gasteiger partial charge is 0.493 e. The van der Waals surface area contributed by atoms with Gasteiger partial charge in [-0.2, -0.15) is 0 Å². The molecule has 3 amide bonds. The fourth-order valence-corrected chi connectivity index (χ4v) is 3.31. The molecule has 1 aromatic rings. The molecule has 2 aliphatic rings. The first-order valence-electron chi connectivity index (χ1n) is 9.45. The maximum Gasteiger partial charge on any atom is 0.410 e. The fourth-order valence-electron chi connectivity index (χ4n) is 3.31. The number of carbonyl (C=O) groups excluding carboxylic acids is 3. The molecule has 0 saturated carbocycles. The Labute approximate surface area is 164 Å². The van der Waals surface area contributed by atoms with Crippen LogP contribution in [-0.2, 0) is 14.3 Å². The van der Waals surface area contributed by atoms with Gasteiger partial charge in [-0.15, -0.1) is 0 Å². The molecular formula is C20H27N3O5. The SMILES string of the molecule is CC(C)(C)OC(=O)N1CC(COc2cc(N)cc(C3CCC(=O)NC3=O)c2)C1. The molecule has 28 heavy (non-hydrogen) atoms. The molecule has 0 aliphatic carbocycles. The Bertz CT molecular complexity index is 781. The number of piperidine rings is 1. The van der Waals surface area contributed by atoms with Gasteiger partial charge in [0.1, 0.15) is 11.4 Å². The first kappa shape index (κ1) is 20.0. The van der Waals surface area contributed by atoms with Crippen molar-refractivity contribution in [2.45, 2.75) is 45.1 Å². The molecule has 1 aromatic carbocycles. The molecule has 3 N–H and O–H groups in total. The van der Waals surface area contributed by atoms with Crippen LogP contribution in [0.4, 0.5) is 10.5 Å². The molecule has 2 saturated heterocycles. The Morgan fingerprint density at radius 1 is 1.25 bits per heavy atom. The van der Waals surface area contributed by atoms with Gasteiger partial charge in [-0.25, -0.2) is 4.79 Å². The first-order chi connectivity index (χ1) is 13.1. The summed E-state index contributed by atoms with van der Waals surface area (Å²) in [5.74, 6) is -0.167. The number of nitrogen functional groups attached to an aromatic ring is 1. The van der Waals surface area contributed by atoms with E-state index in [0.717, 1.165) is 5.56 Å². The van der Waals surface area contributed by atoms with Gasteiger partial charge in [0.25, 0.3) is 0 Å². The Hall–Kier alpha value is -2.77. The number of imide groups is 1. The Morgan fingerprint density at radius 3 is 2.61 bits per heavy atom. The van der Waals surface area contributed by atoms with Crippen molar-refractivity contribution < 1.29 is 23.9 Å². The Kier molecular flexibility index (Phi) is 5.49. The third-order valence-electron chi connectivity index (χ3n) is 4.69. The summed E-state index contributed by atoms with van der Waals surface area (Å²) in [6.45, 7) is 7.12.